The molecule has 43 heavy (non-hydrogen) atoms. The highest BCUT2D eigenvalue weighted by Crippen LogP contribution is 2.33. The molecule has 3 rings (SSSR count). The molecule has 0 aliphatic rings. The summed E-state index contributed by atoms with van der Waals surface area (Å²) >= 11 is 0. The highest BCUT2D eigenvalue weighted by Gasteiger charge is 2.39. The van der Waals surface area contributed by atoms with E-state index in [2.05, 4.69) is 10.6 Å². The minimum Gasteiger partial charge on any atom is -0.508 e. The Balaban J connectivity index is 2.08. The highest BCUT2D eigenvalue weighted by atomic mass is 16.6. The third-order valence-corrected chi connectivity index (χ3v) is 6.80. The molecule has 10 nitrogen and oxygen atoms in total. The van der Waals surface area contributed by atoms with Crippen LogP contribution in [0, 0.1) is 0 Å². The number of amides is 3. The van der Waals surface area contributed by atoms with Crippen molar-refractivity contribution in [1.29, 1.82) is 0 Å². The summed E-state index contributed by atoms with van der Waals surface area (Å²) in [6, 6.07) is 16.5. The lowest BCUT2D eigenvalue weighted by Gasteiger charge is -2.38. The van der Waals surface area contributed by atoms with Crippen molar-refractivity contribution in [2.75, 3.05) is 12.4 Å². The fraction of sp³-hybridized carbons (Fsp3) is 0.364. The van der Waals surface area contributed by atoms with E-state index in [0.29, 0.717) is 23.4 Å². The Morgan fingerprint density at radius 1 is 0.930 bits per heavy atom. The van der Waals surface area contributed by atoms with Crippen LogP contribution in [0.5, 0.6) is 17.2 Å². The molecule has 3 atom stereocenters. The lowest BCUT2D eigenvalue weighted by atomic mass is 9.97. The molecule has 10 heteroatoms. The van der Waals surface area contributed by atoms with Crippen LogP contribution in [0.15, 0.2) is 72.8 Å². The quantitative estimate of drug-likeness (QED) is 0.229. The third-order valence-electron chi connectivity index (χ3n) is 6.80. The van der Waals surface area contributed by atoms with Gasteiger partial charge in [0.25, 0.3) is 5.91 Å². The van der Waals surface area contributed by atoms with Crippen LogP contribution in [-0.4, -0.2) is 57.8 Å². The molecule has 0 bridgehead atoms. The van der Waals surface area contributed by atoms with Gasteiger partial charge in [-0.1, -0.05) is 37.3 Å². The number of carbonyl (C=O) groups excluding carboxylic acids is 3. The predicted molar refractivity (Wildman–Crippen MR) is 164 cm³/mol. The van der Waals surface area contributed by atoms with Gasteiger partial charge in [0.15, 0.2) is 0 Å². The number of hydrogen-bond acceptors (Lipinski definition) is 7. The van der Waals surface area contributed by atoms with Crippen LogP contribution in [0.25, 0.3) is 0 Å². The van der Waals surface area contributed by atoms with E-state index in [4.69, 9.17) is 9.47 Å². The van der Waals surface area contributed by atoms with Crippen LogP contribution < -0.4 is 15.4 Å². The van der Waals surface area contributed by atoms with Crippen LogP contribution in [0.2, 0.25) is 0 Å². The second-order valence-corrected chi connectivity index (χ2v) is 11.3. The van der Waals surface area contributed by atoms with Gasteiger partial charge in [0, 0.05) is 23.7 Å². The van der Waals surface area contributed by atoms with Crippen molar-refractivity contribution in [2.45, 2.75) is 71.2 Å². The number of aromatic hydroxyl groups is 2. The number of phenolic OH excluding ortho intramolecular Hbond substituents is 2. The molecule has 0 aliphatic heterocycles. The maximum Gasteiger partial charge on any atom is 0.408 e. The largest absolute Gasteiger partial charge is 0.508 e. The van der Waals surface area contributed by atoms with E-state index in [0.717, 1.165) is 0 Å². The second-order valence-electron chi connectivity index (χ2n) is 11.3. The standard InChI is InChI=1S/C33H41N3O7/c1-7-21(2)36(31(40)27(35-32(41)43-33(3,4)5)20-22-12-16-24(37)17-13-22)29(26-10-8-9-11-28(26)38)30(39)34-23-14-18-25(42-6)19-15-23/h8-19,21,27,29,37-38H,7,20H2,1-6H3,(H,34,39)(H,35,41). The molecule has 3 amide bonds. The average molecular weight is 592 g/mol. The Labute approximate surface area is 252 Å². The molecule has 0 aromatic heterocycles. The molecule has 3 aromatic rings. The van der Waals surface area contributed by atoms with Crippen molar-refractivity contribution < 1.29 is 34.1 Å². The summed E-state index contributed by atoms with van der Waals surface area (Å²) in [5.74, 6) is -0.596. The molecular weight excluding hydrogens is 550 g/mol. The van der Waals surface area contributed by atoms with Crippen molar-refractivity contribution in [3.8, 4) is 17.2 Å². The number of nitrogens with one attached hydrogen (secondary N) is 2. The minimum atomic E-state index is -1.26. The lowest BCUT2D eigenvalue weighted by Crippen LogP contribution is -2.55. The van der Waals surface area contributed by atoms with Gasteiger partial charge in [0.05, 0.1) is 7.11 Å². The Morgan fingerprint density at radius 2 is 1.56 bits per heavy atom. The summed E-state index contributed by atoms with van der Waals surface area (Å²) in [5.41, 5.74) is 0.541. The zero-order valence-corrected chi connectivity index (χ0v) is 25.5. The van der Waals surface area contributed by atoms with Gasteiger partial charge in [-0.25, -0.2) is 4.79 Å². The molecule has 4 N–H and O–H groups in total. The predicted octanol–water partition coefficient (Wildman–Crippen LogP) is 5.55. The van der Waals surface area contributed by atoms with Crippen molar-refractivity contribution in [2.24, 2.45) is 0 Å². The Morgan fingerprint density at radius 3 is 2.12 bits per heavy atom. The van der Waals surface area contributed by atoms with Crippen LogP contribution in [0.3, 0.4) is 0 Å². The van der Waals surface area contributed by atoms with E-state index in [1.807, 2.05) is 6.92 Å². The van der Waals surface area contributed by atoms with E-state index in [9.17, 15) is 24.6 Å². The number of rotatable bonds is 11. The second kappa shape index (κ2) is 14.4. The molecule has 0 saturated heterocycles. The van der Waals surface area contributed by atoms with Gasteiger partial charge in [-0.15, -0.1) is 0 Å². The number of carbonyl (C=O) groups is 3. The Bertz CT molecular complexity index is 1380. The first-order valence-electron chi connectivity index (χ1n) is 14.1. The van der Waals surface area contributed by atoms with E-state index in [1.165, 1.54) is 30.2 Å². The van der Waals surface area contributed by atoms with Gasteiger partial charge in [-0.2, -0.15) is 0 Å². The molecular formula is C33H41N3O7. The summed E-state index contributed by atoms with van der Waals surface area (Å²) in [4.78, 5) is 42.9. The lowest BCUT2D eigenvalue weighted by molar-refractivity contribution is -0.143. The fourth-order valence-corrected chi connectivity index (χ4v) is 4.51. The highest BCUT2D eigenvalue weighted by molar-refractivity contribution is 5.99. The van der Waals surface area contributed by atoms with Crippen molar-refractivity contribution in [1.82, 2.24) is 10.2 Å². The molecule has 0 radical (unpaired) electrons. The smallest absolute Gasteiger partial charge is 0.408 e. The van der Waals surface area contributed by atoms with E-state index in [1.54, 1.807) is 82.3 Å². The molecule has 0 aliphatic carbocycles. The minimum absolute atomic E-state index is 0.0544. The zero-order chi connectivity index (χ0) is 31.7. The molecule has 3 aromatic carbocycles. The van der Waals surface area contributed by atoms with Gasteiger partial charge >= 0.3 is 6.09 Å². The van der Waals surface area contributed by atoms with Gasteiger partial charge in [-0.05, 0) is 82.1 Å². The normalized spacial score (nSPS) is 13.3. The first-order valence-corrected chi connectivity index (χ1v) is 14.1. The number of para-hydroxylation sites is 1. The molecule has 230 valence electrons. The number of nitrogens with zero attached hydrogens (tertiary/aromatic N) is 1. The number of methoxy groups -OCH3 is 1. The number of phenols is 2. The van der Waals surface area contributed by atoms with Crippen LogP contribution >= 0.6 is 0 Å². The number of alkyl carbamates (subject to hydrolysis) is 1. The first kappa shape index (κ1) is 32.8. The first-order chi connectivity index (χ1) is 20.3. The van der Waals surface area contributed by atoms with Gasteiger partial charge in [0.1, 0.15) is 34.9 Å². The third kappa shape index (κ3) is 9.13. The van der Waals surface area contributed by atoms with Crippen LogP contribution in [-0.2, 0) is 20.7 Å². The van der Waals surface area contributed by atoms with Gasteiger partial charge in [-0.3, -0.25) is 9.59 Å². The van der Waals surface area contributed by atoms with Gasteiger partial charge < -0.3 is 35.2 Å². The van der Waals surface area contributed by atoms with E-state index in [-0.39, 0.29) is 23.5 Å². The van der Waals surface area contributed by atoms with Crippen molar-refractivity contribution in [3.63, 3.8) is 0 Å². The molecule has 0 saturated carbocycles. The van der Waals surface area contributed by atoms with Crippen molar-refractivity contribution in [3.05, 3.63) is 83.9 Å². The summed E-state index contributed by atoms with van der Waals surface area (Å²) < 4.78 is 10.7. The Kier molecular flexibility index (Phi) is 11.0. The molecule has 3 unspecified atom stereocenters. The number of benzene rings is 3. The number of ether oxygens (including phenoxy) is 2. The SMILES string of the molecule is CCC(C)N(C(=O)C(Cc1ccc(O)cc1)NC(=O)OC(C)(C)C)C(C(=O)Nc1ccc(OC)cc1)c1ccccc1O. The summed E-state index contributed by atoms with van der Waals surface area (Å²) in [6.45, 7) is 8.83. The summed E-state index contributed by atoms with van der Waals surface area (Å²) in [6.07, 6.45) is -0.265. The zero-order valence-electron chi connectivity index (χ0n) is 25.5. The van der Waals surface area contributed by atoms with Crippen LogP contribution in [0.1, 0.15) is 58.2 Å². The maximum atomic E-state index is 14.5. The topological polar surface area (TPSA) is 137 Å². The van der Waals surface area contributed by atoms with Crippen molar-refractivity contribution >= 4 is 23.6 Å². The molecule has 0 fully saturated rings. The van der Waals surface area contributed by atoms with Gasteiger partial charge in [0.2, 0.25) is 5.91 Å². The summed E-state index contributed by atoms with van der Waals surface area (Å²) in [7, 11) is 1.54. The number of hydrogen-bond donors (Lipinski definition) is 4. The summed E-state index contributed by atoms with van der Waals surface area (Å²) in [5, 5.41) is 26.2. The van der Waals surface area contributed by atoms with E-state index >= 15 is 0 Å². The Hall–Kier alpha value is -4.73. The fourth-order valence-electron chi connectivity index (χ4n) is 4.51. The monoisotopic (exact) mass is 591 g/mol. The van der Waals surface area contributed by atoms with Crippen LogP contribution in [0.4, 0.5) is 10.5 Å². The maximum absolute atomic E-state index is 14.5. The van der Waals surface area contributed by atoms with E-state index < -0.39 is 41.6 Å². The average Bonchev–Trinajstić information content (AvgIpc) is 2.96. The molecule has 0 heterocycles. The number of anilines is 1. The molecule has 0 spiro atoms.